The van der Waals surface area contributed by atoms with Crippen LogP contribution in [0.2, 0.25) is 5.02 Å². The molecule has 1 aromatic rings. The Morgan fingerprint density at radius 1 is 1.36 bits per heavy atom. The molecule has 0 aliphatic heterocycles. The van der Waals surface area contributed by atoms with E-state index in [9.17, 15) is 14.9 Å². The maximum atomic E-state index is 11.8. The van der Waals surface area contributed by atoms with Crippen LogP contribution >= 0.6 is 11.6 Å². The molecule has 1 atom stereocenters. The van der Waals surface area contributed by atoms with E-state index in [1.807, 2.05) is 6.92 Å². The van der Waals surface area contributed by atoms with E-state index >= 15 is 0 Å². The summed E-state index contributed by atoms with van der Waals surface area (Å²) in [5.74, 6) is 0.298. The van der Waals surface area contributed by atoms with Crippen molar-refractivity contribution in [1.82, 2.24) is 5.32 Å². The van der Waals surface area contributed by atoms with E-state index in [4.69, 9.17) is 16.3 Å². The molecule has 1 N–H and O–H groups in total. The SMILES string of the molecule is CC(C)CCC(C)NC(=O)COc1ccc(Cl)cc1[N+](=O)[O-]. The first-order valence-electron chi connectivity index (χ1n) is 7.15. The van der Waals surface area contributed by atoms with Gasteiger partial charge in [-0.1, -0.05) is 25.4 Å². The maximum Gasteiger partial charge on any atom is 0.312 e. The summed E-state index contributed by atoms with van der Waals surface area (Å²) in [6.07, 6.45) is 1.90. The Morgan fingerprint density at radius 2 is 2.05 bits per heavy atom. The second kappa shape index (κ2) is 8.58. The van der Waals surface area contributed by atoms with Gasteiger partial charge in [0, 0.05) is 17.1 Å². The van der Waals surface area contributed by atoms with Gasteiger partial charge < -0.3 is 10.1 Å². The highest BCUT2D eigenvalue weighted by molar-refractivity contribution is 6.30. The Morgan fingerprint density at radius 3 is 2.64 bits per heavy atom. The fraction of sp³-hybridized carbons (Fsp3) is 0.533. The average molecular weight is 329 g/mol. The van der Waals surface area contributed by atoms with E-state index in [1.54, 1.807) is 0 Å². The molecule has 1 rings (SSSR count). The van der Waals surface area contributed by atoms with Crippen molar-refractivity contribution in [3.8, 4) is 5.75 Å². The topological polar surface area (TPSA) is 81.5 Å². The summed E-state index contributed by atoms with van der Waals surface area (Å²) in [7, 11) is 0. The predicted octanol–water partition coefficient (Wildman–Crippen LogP) is 3.57. The third-order valence-electron chi connectivity index (χ3n) is 3.06. The molecule has 0 saturated carbocycles. The molecule has 122 valence electrons. The van der Waals surface area contributed by atoms with Crippen molar-refractivity contribution in [2.75, 3.05) is 6.61 Å². The van der Waals surface area contributed by atoms with Gasteiger partial charge in [-0.25, -0.2) is 0 Å². The van der Waals surface area contributed by atoms with Crippen LogP contribution in [0.1, 0.15) is 33.6 Å². The van der Waals surface area contributed by atoms with Gasteiger partial charge in [-0.05, 0) is 37.8 Å². The molecule has 0 aliphatic carbocycles. The third kappa shape index (κ3) is 6.30. The summed E-state index contributed by atoms with van der Waals surface area (Å²) in [5, 5.41) is 14.0. The van der Waals surface area contributed by atoms with Crippen LogP contribution < -0.4 is 10.1 Å². The van der Waals surface area contributed by atoms with E-state index in [0.29, 0.717) is 5.92 Å². The summed E-state index contributed by atoms with van der Waals surface area (Å²) in [5.41, 5.74) is -0.256. The van der Waals surface area contributed by atoms with Gasteiger partial charge in [-0.3, -0.25) is 14.9 Å². The van der Waals surface area contributed by atoms with Crippen molar-refractivity contribution in [3.63, 3.8) is 0 Å². The summed E-state index contributed by atoms with van der Waals surface area (Å²) >= 11 is 5.71. The first-order valence-corrected chi connectivity index (χ1v) is 7.53. The minimum atomic E-state index is -0.593. The lowest BCUT2D eigenvalue weighted by Gasteiger charge is -2.15. The number of amides is 1. The molecule has 7 heteroatoms. The number of carbonyl (C=O) groups is 1. The highest BCUT2D eigenvalue weighted by atomic mass is 35.5. The normalized spacial score (nSPS) is 12.0. The Kier molecular flexibility index (Phi) is 7.11. The lowest BCUT2D eigenvalue weighted by molar-refractivity contribution is -0.385. The summed E-state index contributed by atoms with van der Waals surface area (Å²) < 4.78 is 5.23. The number of nitro groups is 1. The molecule has 1 aromatic carbocycles. The first-order chi connectivity index (χ1) is 10.3. The molecule has 1 unspecified atom stereocenters. The van der Waals surface area contributed by atoms with Crippen LogP contribution in [-0.4, -0.2) is 23.5 Å². The summed E-state index contributed by atoms with van der Waals surface area (Å²) in [6.45, 7) is 5.90. The van der Waals surface area contributed by atoms with Crippen LogP contribution in [0, 0.1) is 16.0 Å². The Hall–Kier alpha value is -1.82. The van der Waals surface area contributed by atoms with Gasteiger partial charge in [0.2, 0.25) is 0 Å². The number of halogens is 1. The van der Waals surface area contributed by atoms with Gasteiger partial charge in [0.25, 0.3) is 5.91 Å². The van der Waals surface area contributed by atoms with E-state index in [-0.39, 0.29) is 35.0 Å². The highest BCUT2D eigenvalue weighted by Crippen LogP contribution is 2.29. The van der Waals surface area contributed by atoms with Gasteiger partial charge in [0.05, 0.1) is 4.92 Å². The van der Waals surface area contributed by atoms with E-state index in [1.165, 1.54) is 18.2 Å². The molecule has 0 saturated heterocycles. The number of nitrogens with zero attached hydrogens (tertiary/aromatic N) is 1. The minimum Gasteiger partial charge on any atom is -0.477 e. The van der Waals surface area contributed by atoms with Crippen LogP contribution in [0.3, 0.4) is 0 Å². The van der Waals surface area contributed by atoms with Gasteiger partial charge in [-0.2, -0.15) is 0 Å². The zero-order chi connectivity index (χ0) is 16.7. The zero-order valence-corrected chi connectivity index (χ0v) is 13.7. The van der Waals surface area contributed by atoms with Crippen molar-refractivity contribution >= 4 is 23.2 Å². The molecule has 0 aromatic heterocycles. The van der Waals surface area contributed by atoms with Gasteiger partial charge in [0.1, 0.15) is 0 Å². The standard InChI is InChI=1S/C15H21ClN2O4/c1-10(2)4-5-11(3)17-15(19)9-22-14-7-6-12(16)8-13(14)18(20)21/h6-8,10-11H,4-5,9H2,1-3H3,(H,17,19). The number of hydrogen-bond donors (Lipinski definition) is 1. The molecule has 0 aliphatic rings. The van der Waals surface area contributed by atoms with Crippen LogP contribution in [-0.2, 0) is 4.79 Å². The number of benzene rings is 1. The molecule has 1 amide bonds. The second-order valence-corrected chi connectivity index (χ2v) is 6.03. The molecule has 0 fully saturated rings. The van der Waals surface area contributed by atoms with Crippen molar-refractivity contribution in [3.05, 3.63) is 33.3 Å². The molecular weight excluding hydrogens is 308 g/mol. The zero-order valence-electron chi connectivity index (χ0n) is 13.0. The molecular formula is C15H21ClN2O4. The Bertz CT molecular complexity index is 534. The number of carbonyl (C=O) groups excluding carboxylic acids is 1. The lowest BCUT2D eigenvalue weighted by Crippen LogP contribution is -2.36. The molecule has 0 bridgehead atoms. The molecule has 6 nitrogen and oxygen atoms in total. The van der Waals surface area contributed by atoms with Gasteiger partial charge in [0.15, 0.2) is 12.4 Å². The monoisotopic (exact) mass is 328 g/mol. The summed E-state index contributed by atoms with van der Waals surface area (Å²) in [4.78, 5) is 22.1. The molecule has 0 heterocycles. The van der Waals surface area contributed by atoms with Crippen molar-refractivity contribution in [1.29, 1.82) is 0 Å². The number of nitrogens with one attached hydrogen (secondary N) is 1. The van der Waals surface area contributed by atoms with Crippen LogP contribution in [0.25, 0.3) is 0 Å². The van der Waals surface area contributed by atoms with Gasteiger partial charge in [-0.15, -0.1) is 0 Å². The first kappa shape index (κ1) is 18.2. The smallest absolute Gasteiger partial charge is 0.312 e. The highest BCUT2D eigenvalue weighted by Gasteiger charge is 2.17. The van der Waals surface area contributed by atoms with E-state index in [0.717, 1.165) is 12.8 Å². The number of ether oxygens (including phenoxy) is 1. The lowest BCUT2D eigenvalue weighted by atomic mass is 10.0. The quantitative estimate of drug-likeness (QED) is 0.584. The fourth-order valence-electron chi connectivity index (χ4n) is 1.87. The minimum absolute atomic E-state index is 0.0272. The molecule has 0 radical (unpaired) electrons. The molecule has 22 heavy (non-hydrogen) atoms. The van der Waals surface area contributed by atoms with E-state index < -0.39 is 4.92 Å². The van der Waals surface area contributed by atoms with E-state index in [2.05, 4.69) is 19.2 Å². The third-order valence-corrected chi connectivity index (χ3v) is 3.30. The van der Waals surface area contributed by atoms with Gasteiger partial charge >= 0.3 is 5.69 Å². The number of rotatable bonds is 8. The number of hydrogen-bond acceptors (Lipinski definition) is 4. The fourth-order valence-corrected chi connectivity index (χ4v) is 2.04. The number of nitro benzene ring substituents is 1. The van der Waals surface area contributed by atoms with Crippen molar-refractivity contribution < 1.29 is 14.5 Å². The predicted molar refractivity (Wildman–Crippen MR) is 85.3 cm³/mol. The van der Waals surface area contributed by atoms with Crippen LogP contribution in [0.15, 0.2) is 18.2 Å². The second-order valence-electron chi connectivity index (χ2n) is 5.60. The average Bonchev–Trinajstić information content (AvgIpc) is 2.43. The van der Waals surface area contributed by atoms with Crippen LogP contribution in [0.5, 0.6) is 5.75 Å². The largest absolute Gasteiger partial charge is 0.477 e. The van der Waals surface area contributed by atoms with Crippen molar-refractivity contribution in [2.24, 2.45) is 5.92 Å². The Labute approximate surface area is 134 Å². The summed E-state index contributed by atoms with van der Waals surface area (Å²) in [6, 6.07) is 4.10. The van der Waals surface area contributed by atoms with Crippen LogP contribution in [0.4, 0.5) is 5.69 Å². The maximum absolute atomic E-state index is 11.8. The molecule has 0 spiro atoms. The Balaban J connectivity index is 2.52. The van der Waals surface area contributed by atoms with Crippen molar-refractivity contribution in [2.45, 2.75) is 39.7 Å².